The van der Waals surface area contributed by atoms with Gasteiger partial charge in [-0.05, 0) is 66.3 Å². The number of methoxy groups -OCH3 is 1. The van der Waals surface area contributed by atoms with Gasteiger partial charge in [0.2, 0.25) is 5.91 Å². The first-order valence-corrected chi connectivity index (χ1v) is 14.7. The molecule has 0 spiro atoms. The number of nitrogens with one attached hydrogen (secondary N) is 2. The van der Waals surface area contributed by atoms with Gasteiger partial charge in [-0.1, -0.05) is 25.1 Å². The van der Waals surface area contributed by atoms with E-state index < -0.39 is 24.1 Å². The smallest absolute Gasteiger partial charge is 0.411 e. The van der Waals surface area contributed by atoms with Crippen molar-refractivity contribution in [1.29, 1.82) is 0 Å². The van der Waals surface area contributed by atoms with Crippen molar-refractivity contribution >= 4 is 40.0 Å². The molecule has 11 heteroatoms. The Labute approximate surface area is 261 Å². The maximum absolute atomic E-state index is 15.5. The number of carbonyl (C=O) groups is 2. The van der Waals surface area contributed by atoms with Crippen molar-refractivity contribution in [2.45, 2.75) is 45.4 Å². The van der Waals surface area contributed by atoms with E-state index in [4.69, 9.17) is 19.9 Å². The van der Waals surface area contributed by atoms with Crippen LogP contribution in [0.5, 0.6) is 5.75 Å². The van der Waals surface area contributed by atoms with Crippen LogP contribution in [0.4, 0.5) is 26.4 Å². The highest BCUT2D eigenvalue weighted by molar-refractivity contribution is 5.94. The van der Waals surface area contributed by atoms with Gasteiger partial charge in [0, 0.05) is 61.2 Å². The van der Waals surface area contributed by atoms with E-state index in [0.717, 1.165) is 27.5 Å². The quantitative estimate of drug-likeness (QED) is 0.236. The number of fused-ring (bicyclic) bond motifs is 10. The van der Waals surface area contributed by atoms with Crippen molar-refractivity contribution in [1.82, 2.24) is 9.88 Å². The van der Waals surface area contributed by atoms with E-state index in [1.165, 1.54) is 18.1 Å². The van der Waals surface area contributed by atoms with Gasteiger partial charge in [0.05, 0.1) is 13.2 Å². The first-order valence-electron chi connectivity index (χ1n) is 14.7. The third-order valence-electron chi connectivity index (χ3n) is 7.85. The fraction of sp³-hybridized carbons (Fsp3) is 0.324. The zero-order valence-corrected chi connectivity index (χ0v) is 26.0. The fourth-order valence-electron chi connectivity index (χ4n) is 5.62. The molecule has 2 aliphatic rings. The average molecular weight is 616 g/mol. The number of anilines is 3. The van der Waals surface area contributed by atoms with E-state index in [0.29, 0.717) is 17.1 Å². The summed E-state index contributed by atoms with van der Waals surface area (Å²) in [6, 6.07) is 15.3. The summed E-state index contributed by atoms with van der Waals surface area (Å²) in [6.07, 6.45) is 0.458. The Morgan fingerprint density at radius 1 is 1.18 bits per heavy atom. The predicted octanol–water partition coefficient (Wildman–Crippen LogP) is 6.16. The number of amides is 2. The molecule has 0 saturated carbocycles. The number of rotatable bonds is 6. The van der Waals surface area contributed by atoms with Crippen LogP contribution in [0.25, 0.3) is 10.8 Å². The van der Waals surface area contributed by atoms with Crippen molar-refractivity contribution < 1.29 is 28.2 Å². The SMILES string of the molecule is COC[C@H](C)Oc1c(F)cc2cc1CN(C)C(=O)[C@H](Nc1ccc3c(N)nccc3c1)c1ccc(c(C)c1)[C@@H](C)COC(=O)N2. The molecule has 2 aliphatic heterocycles. The number of halogens is 1. The summed E-state index contributed by atoms with van der Waals surface area (Å²) < 4.78 is 32.1. The van der Waals surface area contributed by atoms with Crippen LogP contribution in [-0.2, 0) is 20.8 Å². The molecule has 3 heterocycles. The average Bonchev–Trinajstić information content (AvgIpc) is 2.99. The van der Waals surface area contributed by atoms with Crippen molar-refractivity contribution in [3.63, 3.8) is 0 Å². The number of likely N-dealkylation sites (N-methyl/N-ethyl adjacent to an activating group) is 1. The molecule has 4 aromatic rings. The third-order valence-corrected chi connectivity index (χ3v) is 7.85. The highest BCUT2D eigenvalue weighted by atomic mass is 19.1. The second-order valence-electron chi connectivity index (χ2n) is 11.5. The van der Waals surface area contributed by atoms with Crippen LogP contribution in [0.1, 0.15) is 48.1 Å². The minimum atomic E-state index is -0.789. The standard InChI is InChI=1S/C34H38FN5O5/c1-19-12-23-6-8-27(19)20(2)17-44-34(42)39-26-14-24(31(29(35)15-26)45-21(3)18-43-5)16-40(4)33(41)30(23)38-25-7-9-28-22(13-25)10-11-37-32(28)36/h6-15,20-21,30,38H,16-18H2,1-5H3,(H2,36,37)(H,39,42)/t20-,21-,30+/m0/s1. The first kappa shape index (κ1) is 31.5. The molecule has 6 rings (SSSR count). The number of pyridine rings is 1. The van der Waals surface area contributed by atoms with Crippen LogP contribution in [0.2, 0.25) is 0 Å². The van der Waals surface area contributed by atoms with Crippen molar-refractivity contribution in [3.05, 3.63) is 88.9 Å². The van der Waals surface area contributed by atoms with E-state index in [9.17, 15) is 9.59 Å². The number of nitrogens with two attached hydrogens (primary N) is 1. The number of aryl methyl sites for hydroxylation is 1. The van der Waals surface area contributed by atoms with Gasteiger partial charge in [-0.25, -0.2) is 14.2 Å². The minimum Gasteiger partial charge on any atom is -0.485 e. The van der Waals surface area contributed by atoms with Gasteiger partial charge in [-0.3, -0.25) is 10.1 Å². The van der Waals surface area contributed by atoms with E-state index in [2.05, 4.69) is 15.6 Å². The number of hydrogen-bond donors (Lipinski definition) is 3. The summed E-state index contributed by atoms with van der Waals surface area (Å²) in [5.41, 5.74) is 9.99. The Kier molecular flexibility index (Phi) is 9.38. The lowest BCUT2D eigenvalue weighted by Gasteiger charge is -2.28. The Morgan fingerprint density at radius 2 is 1.98 bits per heavy atom. The van der Waals surface area contributed by atoms with Crippen molar-refractivity contribution in [3.8, 4) is 5.75 Å². The molecule has 3 aromatic carbocycles. The summed E-state index contributed by atoms with van der Waals surface area (Å²) in [6.45, 7) is 6.00. The van der Waals surface area contributed by atoms with Crippen LogP contribution in [-0.4, -0.2) is 55.4 Å². The number of nitrogen functional groups attached to an aromatic ring is 1. The first-order chi connectivity index (χ1) is 21.5. The largest absolute Gasteiger partial charge is 0.485 e. The fourth-order valence-corrected chi connectivity index (χ4v) is 5.62. The topological polar surface area (TPSA) is 128 Å². The summed E-state index contributed by atoms with van der Waals surface area (Å²) in [5, 5.41) is 7.72. The molecule has 0 saturated heterocycles. The van der Waals surface area contributed by atoms with Gasteiger partial charge in [0.15, 0.2) is 11.6 Å². The molecule has 10 nitrogen and oxygen atoms in total. The maximum Gasteiger partial charge on any atom is 0.411 e. The van der Waals surface area contributed by atoms with E-state index in [1.807, 2.05) is 56.3 Å². The molecule has 3 atom stereocenters. The van der Waals surface area contributed by atoms with Crippen LogP contribution in [0.3, 0.4) is 0 Å². The summed E-state index contributed by atoms with van der Waals surface area (Å²) in [4.78, 5) is 32.6. The van der Waals surface area contributed by atoms with E-state index in [-0.39, 0.29) is 43.0 Å². The number of benzene rings is 3. The van der Waals surface area contributed by atoms with Gasteiger partial charge in [-0.2, -0.15) is 0 Å². The zero-order chi connectivity index (χ0) is 32.2. The lowest BCUT2D eigenvalue weighted by molar-refractivity contribution is -0.131. The Bertz CT molecular complexity index is 1730. The van der Waals surface area contributed by atoms with Crippen molar-refractivity contribution in [2.75, 3.05) is 43.7 Å². The van der Waals surface area contributed by atoms with Crippen LogP contribution in [0.15, 0.2) is 60.8 Å². The lowest BCUT2D eigenvalue weighted by Crippen LogP contribution is -2.35. The molecule has 0 aliphatic carbocycles. The molecular weight excluding hydrogens is 577 g/mol. The molecule has 2 amide bonds. The maximum atomic E-state index is 15.5. The highest BCUT2D eigenvalue weighted by Crippen LogP contribution is 2.33. The summed E-state index contributed by atoms with van der Waals surface area (Å²) >= 11 is 0. The lowest BCUT2D eigenvalue weighted by atomic mass is 9.93. The van der Waals surface area contributed by atoms with E-state index >= 15 is 4.39 Å². The Hall–Kier alpha value is -4.90. The van der Waals surface area contributed by atoms with Gasteiger partial charge >= 0.3 is 6.09 Å². The normalized spacial score (nSPS) is 18.0. The van der Waals surface area contributed by atoms with Gasteiger partial charge in [-0.15, -0.1) is 0 Å². The molecular formula is C34H38FN5O5. The number of hydrogen-bond acceptors (Lipinski definition) is 8. The van der Waals surface area contributed by atoms with Gasteiger partial charge < -0.3 is 30.2 Å². The molecule has 0 fully saturated rings. The zero-order valence-electron chi connectivity index (χ0n) is 26.0. The van der Waals surface area contributed by atoms with Crippen LogP contribution >= 0.6 is 0 Å². The predicted molar refractivity (Wildman–Crippen MR) is 172 cm³/mol. The molecule has 4 bridgehead atoms. The third kappa shape index (κ3) is 7.09. The van der Waals surface area contributed by atoms with Crippen molar-refractivity contribution in [2.24, 2.45) is 0 Å². The number of aromatic nitrogens is 1. The molecule has 4 N–H and O–H groups in total. The van der Waals surface area contributed by atoms with Crippen LogP contribution < -0.4 is 21.1 Å². The number of carbonyl (C=O) groups excluding carboxylic acids is 2. The van der Waals surface area contributed by atoms with Gasteiger partial charge in [0.1, 0.15) is 18.0 Å². The van der Waals surface area contributed by atoms with E-state index in [1.54, 1.807) is 26.2 Å². The summed E-state index contributed by atoms with van der Waals surface area (Å²) in [7, 11) is 3.17. The Balaban J connectivity index is 1.58. The molecule has 0 unspecified atom stereocenters. The minimum absolute atomic E-state index is 0.0123. The highest BCUT2D eigenvalue weighted by Gasteiger charge is 2.28. The molecule has 1 aromatic heterocycles. The number of ether oxygens (including phenoxy) is 3. The second kappa shape index (κ2) is 13.4. The number of nitrogens with zero attached hydrogens (tertiary/aromatic N) is 2. The summed E-state index contributed by atoms with van der Waals surface area (Å²) in [5.74, 6) is -0.685. The second-order valence-corrected chi connectivity index (χ2v) is 11.5. The van der Waals surface area contributed by atoms with Gasteiger partial charge in [0.25, 0.3) is 0 Å². The Morgan fingerprint density at radius 3 is 2.73 bits per heavy atom. The molecule has 236 valence electrons. The monoisotopic (exact) mass is 615 g/mol. The molecule has 0 radical (unpaired) electrons. The van der Waals surface area contributed by atoms with Crippen LogP contribution in [0, 0.1) is 12.7 Å². The molecule has 45 heavy (non-hydrogen) atoms.